The van der Waals surface area contributed by atoms with Crippen molar-refractivity contribution >= 4 is 23.7 Å². The quantitative estimate of drug-likeness (QED) is 0.321. The first-order chi connectivity index (χ1) is 12.4. The molecule has 0 N–H and O–H groups in total. The van der Waals surface area contributed by atoms with Gasteiger partial charge in [0.1, 0.15) is 0 Å². The van der Waals surface area contributed by atoms with Crippen LogP contribution in [0.5, 0.6) is 0 Å². The van der Waals surface area contributed by atoms with Gasteiger partial charge < -0.3 is 13.8 Å². The van der Waals surface area contributed by atoms with Crippen LogP contribution in [0.2, 0.25) is 0 Å². The van der Waals surface area contributed by atoms with Crippen molar-refractivity contribution in [3.05, 3.63) is 29.8 Å². The van der Waals surface area contributed by atoms with Crippen LogP contribution in [-0.2, 0) is 37.4 Å². The fraction of sp³-hybridized carbons (Fsp3) is 0.588. The highest BCUT2D eigenvalue weighted by atomic mass is 32.2. The van der Waals surface area contributed by atoms with Crippen molar-refractivity contribution in [1.29, 1.82) is 0 Å². The lowest BCUT2D eigenvalue weighted by atomic mass is 10.2. The van der Waals surface area contributed by atoms with Gasteiger partial charge >= 0.3 is 13.6 Å². The number of methoxy groups -OCH3 is 1. The summed E-state index contributed by atoms with van der Waals surface area (Å²) in [7, 11) is -7.05. The summed E-state index contributed by atoms with van der Waals surface area (Å²) in [5, 5.41) is 0. The summed E-state index contributed by atoms with van der Waals surface area (Å²) in [6, 6.07) is 5.90. The first-order valence-electron chi connectivity index (χ1n) is 8.42. The van der Waals surface area contributed by atoms with E-state index in [0.29, 0.717) is 0 Å². The molecule has 0 aliphatic carbocycles. The Kier molecular flexibility index (Phi) is 8.63. The number of benzene rings is 1. The third kappa shape index (κ3) is 7.71. The van der Waals surface area contributed by atoms with Crippen LogP contribution in [0.3, 0.4) is 0 Å². The van der Waals surface area contributed by atoms with Crippen LogP contribution >= 0.6 is 7.60 Å². The summed E-state index contributed by atoms with van der Waals surface area (Å²) in [5.41, 5.74) is 0.860. The maximum absolute atomic E-state index is 13.0. The van der Waals surface area contributed by atoms with Gasteiger partial charge in [0.15, 0.2) is 6.10 Å². The molecule has 1 atom stereocenters. The topological polar surface area (TPSA) is 105 Å². The molecule has 0 amide bonds. The highest BCUT2D eigenvalue weighted by Gasteiger charge is 2.39. The number of aryl methyl sites for hydroxylation is 1. The van der Waals surface area contributed by atoms with Crippen molar-refractivity contribution < 1.29 is 35.7 Å². The fourth-order valence-corrected chi connectivity index (χ4v) is 5.42. The number of carbonyl (C=O) groups excluding carboxylic acids is 1. The van der Waals surface area contributed by atoms with Gasteiger partial charge in [-0.25, -0.2) is 4.79 Å². The average molecular weight is 422 g/mol. The molecule has 0 aliphatic heterocycles. The van der Waals surface area contributed by atoms with Gasteiger partial charge in [-0.2, -0.15) is 8.42 Å². The average Bonchev–Trinajstić information content (AvgIpc) is 2.51. The van der Waals surface area contributed by atoms with Crippen LogP contribution in [0.15, 0.2) is 29.2 Å². The number of rotatable bonds is 10. The summed E-state index contributed by atoms with van der Waals surface area (Å²) >= 11 is 0. The van der Waals surface area contributed by atoms with Crippen LogP contribution < -0.4 is 0 Å². The Morgan fingerprint density at radius 3 is 1.93 bits per heavy atom. The molecule has 0 radical (unpaired) electrons. The van der Waals surface area contributed by atoms with Crippen molar-refractivity contribution in [3.8, 4) is 0 Å². The molecule has 27 heavy (non-hydrogen) atoms. The number of esters is 1. The largest absolute Gasteiger partial charge is 0.467 e. The van der Waals surface area contributed by atoms with E-state index in [9.17, 15) is 17.8 Å². The lowest BCUT2D eigenvalue weighted by Gasteiger charge is -2.25. The molecule has 1 rings (SSSR count). The zero-order chi connectivity index (χ0) is 20.8. The van der Waals surface area contributed by atoms with E-state index in [2.05, 4.69) is 4.74 Å². The summed E-state index contributed by atoms with van der Waals surface area (Å²) in [6.07, 6.45) is -3.21. The van der Waals surface area contributed by atoms with Gasteiger partial charge in [-0.3, -0.25) is 8.75 Å². The molecule has 0 bridgehead atoms. The van der Waals surface area contributed by atoms with Gasteiger partial charge in [-0.15, -0.1) is 0 Å². The highest BCUT2D eigenvalue weighted by Crippen LogP contribution is 2.51. The Morgan fingerprint density at radius 2 is 1.52 bits per heavy atom. The third-order valence-corrected chi connectivity index (χ3v) is 6.75. The van der Waals surface area contributed by atoms with E-state index in [-0.39, 0.29) is 4.90 Å². The standard InChI is InChI=1S/C17H27O8PS/c1-12(2)23-26(19,24-13(3)4)11-16(17(18)22-6)25-27(20,21)15-9-7-14(5)8-10-15/h7-10,12-13,16H,11H2,1-6H3. The molecular formula is C17H27O8PS. The molecule has 0 saturated carbocycles. The Labute approximate surface area is 160 Å². The Balaban J connectivity index is 3.15. The Hall–Kier alpha value is -1.25. The molecule has 10 heteroatoms. The first kappa shape index (κ1) is 23.8. The fourth-order valence-electron chi connectivity index (χ4n) is 2.15. The summed E-state index contributed by atoms with van der Waals surface area (Å²) < 4.78 is 58.4. The van der Waals surface area contributed by atoms with E-state index in [4.69, 9.17) is 13.2 Å². The molecule has 1 aromatic rings. The van der Waals surface area contributed by atoms with Crippen molar-refractivity contribution in [1.82, 2.24) is 0 Å². The predicted molar refractivity (Wildman–Crippen MR) is 100 cm³/mol. The minimum atomic E-state index is -4.29. The first-order valence-corrected chi connectivity index (χ1v) is 11.6. The van der Waals surface area contributed by atoms with Crippen LogP contribution in [0.25, 0.3) is 0 Å². The minimum absolute atomic E-state index is 0.133. The van der Waals surface area contributed by atoms with Crippen LogP contribution in [0.1, 0.15) is 33.3 Å². The Bertz CT molecular complexity index is 757. The Morgan fingerprint density at radius 1 is 1.04 bits per heavy atom. The molecule has 1 unspecified atom stereocenters. The molecular weight excluding hydrogens is 395 g/mol. The molecule has 0 aliphatic rings. The van der Waals surface area contributed by atoms with Crippen molar-refractivity contribution in [2.75, 3.05) is 13.3 Å². The van der Waals surface area contributed by atoms with E-state index >= 15 is 0 Å². The smallest absolute Gasteiger partial charge is 0.337 e. The summed E-state index contributed by atoms with van der Waals surface area (Å²) in [4.78, 5) is 11.9. The monoisotopic (exact) mass is 422 g/mol. The number of carbonyl (C=O) groups is 1. The van der Waals surface area contributed by atoms with Gasteiger partial charge in [0, 0.05) is 0 Å². The minimum Gasteiger partial charge on any atom is -0.467 e. The molecule has 154 valence electrons. The summed E-state index contributed by atoms with van der Waals surface area (Å²) in [5.74, 6) is -0.995. The number of hydrogen-bond acceptors (Lipinski definition) is 8. The highest BCUT2D eigenvalue weighted by molar-refractivity contribution is 7.86. The maximum atomic E-state index is 13.0. The zero-order valence-corrected chi connectivity index (χ0v) is 18.1. The van der Waals surface area contributed by atoms with Gasteiger partial charge in [0.2, 0.25) is 0 Å². The molecule has 8 nitrogen and oxygen atoms in total. The third-order valence-electron chi connectivity index (χ3n) is 3.15. The molecule has 0 saturated heterocycles. The second-order valence-corrected chi connectivity index (χ2v) is 10.1. The van der Waals surface area contributed by atoms with Gasteiger partial charge in [0.25, 0.3) is 10.1 Å². The van der Waals surface area contributed by atoms with E-state index in [1.54, 1.807) is 46.8 Å². The van der Waals surface area contributed by atoms with Crippen LogP contribution in [-0.4, -0.2) is 46.0 Å². The van der Waals surface area contributed by atoms with Gasteiger partial charge in [0.05, 0.1) is 30.4 Å². The molecule has 0 spiro atoms. The molecule has 0 fully saturated rings. The lowest BCUT2D eigenvalue weighted by Crippen LogP contribution is -2.33. The van der Waals surface area contributed by atoms with Crippen molar-refractivity contribution in [3.63, 3.8) is 0 Å². The van der Waals surface area contributed by atoms with Crippen molar-refractivity contribution in [2.24, 2.45) is 0 Å². The summed E-state index contributed by atoms with van der Waals surface area (Å²) in [6.45, 7) is 8.39. The molecule has 0 heterocycles. The SMILES string of the molecule is COC(=O)C(CP(=O)(OC(C)C)OC(C)C)OS(=O)(=O)c1ccc(C)cc1. The predicted octanol–water partition coefficient (Wildman–Crippen LogP) is 3.29. The number of ether oxygens (including phenoxy) is 1. The normalized spacial score (nSPS) is 13.8. The van der Waals surface area contributed by atoms with E-state index in [1.165, 1.54) is 12.1 Å². The van der Waals surface area contributed by atoms with E-state index < -0.39 is 48.2 Å². The van der Waals surface area contributed by atoms with Crippen molar-refractivity contribution in [2.45, 2.75) is 57.8 Å². The maximum Gasteiger partial charge on any atom is 0.337 e. The van der Waals surface area contributed by atoms with Crippen LogP contribution in [0, 0.1) is 6.92 Å². The van der Waals surface area contributed by atoms with Crippen LogP contribution in [0.4, 0.5) is 0 Å². The zero-order valence-electron chi connectivity index (χ0n) is 16.4. The molecule has 1 aromatic carbocycles. The van der Waals surface area contributed by atoms with Gasteiger partial charge in [-0.1, -0.05) is 17.7 Å². The van der Waals surface area contributed by atoms with E-state index in [0.717, 1.165) is 12.7 Å². The van der Waals surface area contributed by atoms with E-state index in [1.807, 2.05) is 0 Å². The second-order valence-electron chi connectivity index (χ2n) is 6.48. The molecule has 0 aromatic heterocycles. The lowest BCUT2D eigenvalue weighted by molar-refractivity contribution is -0.147. The number of hydrogen-bond donors (Lipinski definition) is 0. The van der Waals surface area contributed by atoms with Gasteiger partial charge in [-0.05, 0) is 46.8 Å². The second kappa shape index (κ2) is 9.80.